The zero-order chi connectivity index (χ0) is 14.4. The first-order valence-corrected chi connectivity index (χ1v) is 6.06. The molecule has 0 bridgehead atoms. The zero-order valence-corrected chi connectivity index (χ0v) is 11.2. The van der Waals surface area contributed by atoms with Crippen molar-refractivity contribution >= 4 is 17.6 Å². The largest absolute Gasteiger partial charge is 0.467 e. The summed E-state index contributed by atoms with van der Waals surface area (Å²) in [7, 11) is 1.49. The minimum absolute atomic E-state index is 0.217. The SMILES string of the molecule is CCNc1nc(Nc2cccc(C#N)c2)nc(OC)n1. The molecule has 0 amide bonds. The molecular formula is C13H14N6O. The Labute approximate surface area is 116 Å². The molecule has 0 aliphatic rings. The summed E-state index contributed by atoms with van der Waals surface area (Å²) in [4.78, 5) is 12.4. The van der Waals surface area contributed by atoms with Gasteiger partial charge in [-0.15, -0.1) is 0 Å². The van der Waals surface area contributed by atoms with E-state index in [1.807, 2.05) is 13.0 Å². The molecule has 20 heavy (non-hydrogen) atoms. The first-order chi connectivity index (χ1) is 9.75. The number of hydrogen-bond donors (Lipinski definition) is 2. The smallest absolute Gasteiger partial charge is 0.322 e. The molecule has 2 rings (SSSR count). The van der Waals surface area contributed by atoms with E-state index >= 15 is 0 Å². The minimum Gasteiger partial charge on any atom is -0.467 e. The average molecular weight is 270 g/mol. The summed E-state index contributed by atoms with van der Waals surface area (Å²) in [5, 5.41) is 14.9. The van der Waals surface area contributed by atoms with Crippen molar-refractivity contribution in [1.82, 2.24) is 15.0 Å². The molecule has 0 saturated carbocycles. The molecule has 0 aliphatic heterocycles. The van der Waals surface area contributed by atoms with Gasteiger partial charge in [0, 0.05) is 12.2 Å². The second-order valence-electron chi connectivity index (χ2n) is 3.82. The summed E-state index contributed by atoms with van der Waals surface area (Å²) in [6.45, 7) is 2.64. The van der Waals surface area contributed by atoms with E-state index in [-0.39, 0.29) is 6.01 Å². The summed E-state index contributed by atoms with van der Waals surface area (Å²) >= 11 is 0. The highest BCUT2D eigenvalue weighted by Crippen LogP contribution is 2.17. The van der Waals surface area contributed by atoms with Crippen molar-refractivity contribution < 1.29 is 4.74 Å². The van der Waals surface area contributed by atoms with Gasteiger partial charge in [0.2, 0.25) is 11.9 Å². The van der Waals surface area contributed by atoms with Crippen LogP contribution in [0, 0.1) is 11.3 Å². The summed E-state index contributed by atoms with van der Waals surface area (Å²) in [6, 6.07) is 9.34. The maximum absolute atomic E-state index is 8.88. The molecule has 0 radical (unpaired) electrons. The van der Waals surface area contributed by atoms with Crippen molar-refractivity contribution in [3.8, 4) is 12.1 Å². The van der Waals surface area contributed by atoms with Crippen LogP contribution in [0.2, 0.25) is 0 Å². The monoisotopic (exact) mass is 270 g/mol. The Morgan fingerprint density at radius 1 is 1.25 bits per heavy atom. The maximum atomic E-state index is 8.88. The predicted molar refractivity (Wildman–Crippen MR) is 75.0 cm³/mol. The Morgan fingerprint density at radius 2 is 2.05 bits per heavy atom. The summed E-state index contributed by atoms with van der Waals surface area (Å²) < 4.78 is 5.03. The third-order valence-electron chi connectivity index (χ3n) is 2.38. The average Bonchev–Trinajstić information content (AvgIpc) is 2.47. The fourth-order valence-electron chi connectivity index (χ4n) is 1.54. The molecule has 0 fully saturated rings. The van der Waals surface area contributed by atoms with Gasteiger partial charge in [0.05, 0.1) is 18.7 Å². The molecule has 1 aromatic heterocycles. The number of benzene rings is 1. The number of anilines is 3. The lowest BCUT2D eigenvalue weighted by Gasteiger charge is -2.08. The molecular weight excluding hydrogens is 256 g/mol. The molecule has 2 N–H and O–H groups in total. The van der Waals surface area contributed by atoms with Gasteiger partial charge in [-0.25, -0.2) is 0 Å². The highest BCUT2D eigenvalue weighted by Gasteiger charge is 2.06. The van der Waals surface area contributed by atoms with Crippen LogP contribution in [0.15, 0.2) is 24.3 Å². The normalized spacial score (nSPS) is 9.65. The van der Waals surface area contributed by atoms with Crippen molar-refractivity contribution in [2.75, 3.05) is 24.3 Å². The first kappa shape index (κ1) is 13.5. The van der Waals surface area contributed by atoms with Gasteiger partial charge in [0.25, 0.3) is 0 Å². The van der Waals surface area contributed by atoms with E-state index in [0.29, 0.717) is 24.0 Å². The molecule has 0 spiro atoms. The Kier molecular flexibility index (Phi) is 4.29. The third kappa shape index (κ3) is 3.32. The fraction of sp³-hybridized carbons (Fsp3) is 0.231. The van der Waals surface area contributed by atoms with E-state index in [9.17, 15) is 0 Å². The van der Waals surface area contributed by atoms with E-state index in [1.54, 1.807) is 18.2 Å². The topological polar surface area (TPSA) is 95.8 Å². The maximum Gasteiger partial charge on any atom is 0.322 e. The molecule has 1 heterocycles. The number of nitriles is 1. The Bertz CT molecular complexity index is 637. The minimum atomic E-state index is 0.217. The fourth-order valence-corrected chi connectivity index (χ4v) is 1.54. The van der Waals surface area contributed by atoms with Gasteiger partial charge in [0.1, 0.15) is 0 Å². The molecule has 0 unspecified atom stereocenters. The summed E-state index contributed by atoms with van der Waals surface area (Å²) in [5.41, 5.74) is 1.28. The number of ether oxygens (including phenoxy) is 1. The van der Waals surface area contributed by atoms with E-state index in [4.69, 9.17) is 10.00 Å². The van der Waals surface area contributed by atoms with Gasteiger partial charge in [-0.2, -0.15) is 20.2 Å². The van der Waals surface area contributed by atoms with Crippen LogP contribution < -0.4 is 15.4 Å². The van der Waals surface area contributed by atoms with Crippen molar-refractivity contribution in [2.24, 2.45) is 0 Å². The van der Waals surface area contributed by atoms with Crippen LogP contribution in [0.25, 0.3) is 0 Å². The molecule has 0 atom stereocenters. The zero-order valence-electron chi connectivity index (χ0n) is 11.2. The number of hydrogen-bond acceptors (Lipinski definition) is 7. The number of nitrogens with one attached hydrogen (secondary N) is 2. The number of nitrogens with zero attached hydrogens (tertiary/aromatic N) is 4. The van der Waals surface area contributed by atoms with Crippen LogP contribution in [0.1, 0.15) is 12.5 Å². The lowest BCUT2D eigenvalue weighted by molar-refractivity contribution is 0.379. The van der Waals surface area contributed by atoms with Crippen LogP contribution in [0.5, 0.6) is 6.01 Å². The quantitative estimate of drug-likeness (QED) is 0.856. The van der Waals surface area contributed by atoms with Crippen LogP contribution in [-0.4, -0.2) is 28.6 Å². The van der Waals surface area contributed by atoms with Gasteiger partial charge in [0.15, 0.2) is 0 Å². The van der Waals surface area contributed by atoms with Gasteiger partial charge in [-0.3, -0.25) is 0 Å². The van der Waals surface area contributed by atoms with E-state index in [1.165, 1.54) is 7.11 Å². The van der Waals surface area contributed by atoms with Crippen molar-refractivity contribution in [3.05, 3.63) is 29.8 Å². The van der Waals surface area contributed by atoms with Gasteiger partial charge >= 0.3 is 6.01 Å². The van der Waals surface area contributed by atoms with Crippen molar-refractivity contribution in [2.45, 2.75) is 6.92 Å². The second kappa shape index (κ2) is 6.33. The van der Waals surface area contributed by atoms with E-state index in [0.717, 1.165) is 5.69 Å². The molecule has 102 valence electrons. The number of methoxy groups -OCH3 is 1. The number of aromatic nitrogens is 3. The molecule has 7 nitrogen and oxygen atoms in total. The van der Waals surface area contributed by atoms with Crippen LogP contribution in [0.4, 0.5) is 17.6 Å². The van der Waals surface area contributed by atoms with Gasteiger partial charge < -0.3 is 15.4 Å². The Balaban J connectivity index is 2.27. The molecule has 1 aromatic carbocycles. The lowest BCUT2D eigenvalue weighted by Crippen LogP contribution is -2.07. The summed E-state index contributed by atoms with van der Waals surface area (Å²) in [5.74, 6) is 0.779. The third-order valence-corrected chi connectivity index (χ3v) is 2.38. The molecule has 0 saturated heterocycles. The van der Waals surface area contributed by atoms with Crippen LogP contribution >= 0.6 is 0 Å². The van der Waals surface area contributed by atoms with Crippen molar-refractivity contribution in [1.29, 1.82) is 5.26 Å². The van der Waals surface area contributed by atoms with Gasteiger partial charge in [-0.1, -0.05) is 6.07 Å². The van der Waals surface area contributed by atoms with Crippen LogP contribution in [-0.2, 0) is 0 Å². The van der Waals surface area contributed by atoms with Crippen molar-refractivity contribution in [3.63, 3.8) is 0 Å². The Hall–Kier alpha value is -2.88. The van der Waals surface area contributed by atoms with Gasteiger partial charge in [-0.05, 0) is 25.1 Å². The second-order valence-corrected chi connectivity index (χ2v) is 3.82. The van der Waals surface area contributed by atoms with E-state index < -0.39 is 0 Å². The first-order valence-electron chi connectivity index (χ1n) is 6.06. The standard InChI is InChI=1S/C13H14N6O/c1-3-15-11-17-12(19-13(18-11)20-2)16-10-6-4-5-9(7-10)8-14/h4-7H,3H2,1-2H3,(H2,15,16,17,18,19). The lowest BCUT2D eigenvalue weighted by atomic mass is 10.2. The highest BCUT2D eigenvalue weighted by atomic mass is 16.5. The van der Waals surface area contributed by atoms with Crippen LogP contribution in [0.3, 0.4) is 0 Å². The van der Waals surface area contributed by atoms with E-state index in [2.05, 4.69) is 31.7 Å². The number of rotatable bonds is 5. The predicted octanol–water partition coefficient (Wildman–Crippen LogP) is 1.93. The Morgan fingerprint density at radius 3 is 2.75 bits per heavy atom. The molecule has 7 heteroatoms. The molecule has 0 aliphatic carbocycles. The summed E-state index contributed by atoms with van der Waals surface area (Å²) in [6.07, 6.45) is 0. The molecule has 2 aromatic rings. The highest BCUT2D eigenvalue weighted by molar-refractivity contribution is 5.57.